The zero-order valence-electron chi connectivity index (χ0n) is 10.8. The van der Waals surface area contributed by atoms with Gasteiger partial charge in [0.15, 0.2) is 0 Å². The number of rotatable bonds is 4. The van der Waals surface area contributed by atoms with Crippen LogP contribution < -0.4 is 10.1 Å². The van der Waals surface area contributed by atoms with Crippen LogP contribution in [-0.4, -0.2) is 18.1 Å². The zero-order chi connectivity index (χ0) is 13.8. The Balaban J connectivity index is 2.25. The van der Waals surface area contributed by atoms with Crippen LogP contribution in [0.15, 0.2) is 12.1 Å². The van der Waals surface area contributed by atoms with Crippen LogP contribution in [0.25, 0.3) is 0 Å². The first-order valence-electron chi connectivity index (χ1n) is 6.40. The molecule has 1 aliphatic rings. The van der Waals surface area contributed by atoms with Crippen molar-refractivity contribution in [2.24, 2.45) is 0 Å². The molecule has 0 saturated heterocycles. The molecule has 19 heavy (non-hydrogen) atoms. The van der Waals surface area contributed by atoms with E-state index >= 15 is 0 Å². The summed E-state index contributed by atoms with van der Waals surface area (Å²) in [4.78, 5) is 10.3. The highest BCUT2D eigenvalue weighted by Crippen LogP contribution is 2.38. The summed E-state index contributed by atoms with van der Waals surface area (Å²) in [5, 5.41) is 14.5. The third-order valence-corrected chi connectivity index (χ3v) is 3.72. The third-order valence-electron chi connectivity index (χ3n) is 3.42. The molecule has 0 bridgehead atoms. The Morgan fingerprint density at radius 2 is 2.05 bits per heavy atom. The van der Waals surface area contributed by atoms with Crippen LogP contribution in [0.1, 0.15) is 32.1 Å². The summed E-state index contributed by atoms with van der Waals surface area (Å²) in [5.74, 6) is 0.421. The fourth-order valence-electron chi connectivity index (χ4n) is 2.43. The van der Waals surface area contributed by atoms with Gasteiger partial charge in [-0.05, 0) is 12.8 Å². The Labute approximate surface area is 117 Å². The molecule has 0 amide bonds. The van der Waals surface area contributed by atoms with Crippen LogP contribution in [0.2, 0.25) is 5.02 Å². The van der Waals surface area contributed by atoms with Crippen molar-refractivity contribution in [1.29, 1.82) is 0 Å². The van der Waals surface area contributed by atoms with E-state index in [4.69, 9.17) is 16.3 Å². The van der Waals surface area contributed by atoms with E-state index < -0.39 is 4.92 Å². The van der Waals surface area contributed by atoms with Crippen molar-refractivity contribution < 1.29 is 9.66 Å². The Bertz CT molecular complexity index is 473. The molecule has 1 aromatic carbocycles. The standard InChI is InChI=1S/C13H17ClN2O3/c1-19-12-8-10(16(17)18)7-11(14)13(12)15-9-5-3-2-4-6-9/h7-9,15H,2-6H2,1H3. The van der Waals surface area contributed by atoms with E-state index in [-0.39, 0.29) is 5.69 Å². The molecule has 1 aliphatic carbocycles. The van der Waals surface area contributed by atoms with Crippen molar-refractivity contribution in [1.82, 2.24) is 0 Å². The second-order valence-electron chi connectivity index (χ2n) is 4.74. The SMILES string of the molecule is COc1cc([N+](=O)[O-])cc(Cl)c1NC1CCCCC1. The molecule has 0 atom stereocenters. The first kappa shape index (κ1) is 13.9. The summed E-state index contributed by atoms with van der Waals surface area (Å²) in [6.45, 7) is 0. The molecule has 0 spiro atoms. The van der Waals surface area contributed by atoms with Crippen molar-refractivity contribution in [3.05, 3.63) is 27.3 Å². The van der Waals surface area contributed by atoms with E-state index in [0.29, 0.717) is 22.5 Å². The van der Waals surface area contributed by atoms with Crippen molar-refractivity contribution in [2.45, 2.75) is 38.1 Å². The fourth-order valence-corrected chi connectivity index (χ4v) is 2.68. The topological polar surface area (TPSA) is 64.4 Å². The van der Waals surface area contributed by atoms with Gasteiger partial charge in [-0.15, -0.1) is 0 Å². The minimum atomic E-state index is -0.473. The van der Waals surface area contributed by atoms with Crippen molar-refractivity contribution >= 4 is 23.0 Å². The van der Waals surface area contributed by atoms with Crippen LogP contribution in [0.4, 0.5) is 11.4 Å². The number of nitro groups is 1. The number of ether oxygens (including phenoxy) is 1. The molecule has 0 unspecified atom stereocenters. The Hall–Kier alpha value is -1.49. The van der Waals surface area contributed by atoms with E-state index in [9.17, 15) is 10.1 Å². The van der Waals surface area contributed by atoms with Crippen LogP contribution in [0.5, 0.6) is 5.75 Å². The fraction of sp³-hybridized carbons (Fsp3) is 0.538. The van der Waals surface area contributed by atoms with E-state index in [1.807, 2.05) is 0 Å². The van der Waals surface area contributed by atoms with Gasteiger partial charge >= 0.3 is 0 Å². The lowest BCUT2D eigenvalue weighted by molar-refractivity contribution is -0.384. The van der Waals surface area contributed by atoms with Gasteiger partial charge in [-0.2, -0.15) is 0 Å². The Kier molecular flexibility index (Phi) is 4.47. The normalized spacial score (nSPS) is 16.1. The van der Waals surface area contributed by atoms with Gasteiger partial charge in [0.25, 0.3) is 5.69 Å². The molecule has 0 aromatic heterocycles. The maximum atomic E-state index is 10.8. The molecule has 0 radical (unpaired) electrons. The largest absolute Gasteiger partial charge is 0.494 e. The first-order valence-corrected chi connectivity index (χ1v) is 6.78. The molecular weight excluding hydrogens is 268 g/mol. The molecule has 1 N–H and O–H groups in total. The second-order valence-corrected chi connectivity index (χ2v) is 5.15. The predicted molar refractivity (Wildman–Crippen MR) is 75.2 cm³/mol. The molecule has 0 aliphatic heterocycles. The number of hydrogen-bond donors (Lipinski definition) is 1. The number of benzene rings is 1. The van der Waals surface area contributed by atoms with Crippen molar-refractivity contribution in [3.63, 3.8) is 0 Å². The van der Waals surface area contributed by atoms with Gasteiger partial charge in [-0.25, -0.2) is 0 Å². The average molecular weight is 285 g/mol. The van der Waals surface area contributed by atoms with E-state index in [1.165, 1.54) is 38.5 Å². The summed E-state index contributed by atoms with van der Waals surface area (Å²) >= 11 is 6.13. The van der Waals surface area contributed by atoms with Gasteiger partial charge in [0.1, 0.15) is 5.75 Å². The number of anilines is 1. The molecule has 1 fully saturated rings. The highest BCUT2D eigenvalue weighted by molar-refractivity contribution is 6.33. The lowest BCUT2D eigenvalue weighted by Gasteiger charge is -2.25. The molecule has 5 nitrogen and oxygen atoms in total. The minimum Gasteiger partial charge on any atom is -0.494 e. The number of halogens is 1. The predicted octanol–water partition coefficient (Wildman–Crippen LogP) is 4.00. The maximum Gasteiger partial charge on any atom is 0.274 e. The highest BCUT2D eigenvalue weighted by Gasteiger charge is 2.20. The number of nitrogens with one attached hydrogen (secondary N) is 1. The number of nitro benzene ring substituents is 1. The zero-order valence-corrected chi connectivity index (χ0v) is 11.6. The maximum absolute atomic E-state index is 10.8. The summed E-state index contributed by atoms with van der Waals surface area (Å²) in [5.41, 5.74) is 0.595. The number of hydrogen-bond acceptors (Lipinski definition) is 4. The molecule has 0 heterocycles. The highest BCUT2D eigenvalue weighted by atomic mass is 35.5. The van der Waals surface area contributed by atoms with Gasteiger partial charge in [0, 0.05) is 12.1 Å². The van der Waals surface area contributed by atoms with Crippen molar-refractivity contribution in [3.8, 4) is 5.75 Å². The summed E-state index contributed by atoms with van der Waals surface area (Å²) in [6.07, 6.45) is 5.85. The number of non-ortho nitro benzene ring substituents is 1. The van der Waals surface area contributed by atoms with Gasteiger partial charge in [-0.3, -0.25) is 10.1 Å². The Morgan fingerprint density at radius 3 is 2.63 bits per heavy atom. The summed E-state index contributed by atoms with van der Waals surface area (Å²) < 4.78 is 5.21. The number of nitrogens with zero attached hydrogens (tertiary/aromatic N) is 1. The smallest absolute Gasteiger partial charge is 0.274 e. The monoisotopic (exact) mass is 284 g/mol. The molecular formula is C13H17ClN2O3. The molecule has 104 valence electrons. The lowest BCUT2D eigenvalue weighted by atomic mass is 9.95. The third kappa shape index (κ3) is 3.29. The molecule has 1 aromatic rings. The molecule has 1 saturated carbocycles. The van der Waals surface area contributed by atoms with Crippen LogP contribution in [0.3, 0.4) is 0 Å². The van der Waals surface area contributed by atoms with Gasteiger partial charge in [0.2, 0.25) is 0 Å². The summed E-state index contributed by atoms with van der Waals surface area (Å²) in [7, 11) is 1.49. The molecule has 2 rings (SSSR count). The molecule has 6 heteroatoms. The minimum absolute atomic E-state index is 0.0592. The quantitative estimate of drug-likeness (QED) is 0.670. The average Bonchev–Trinajstić information content (AvgIpc) is 2.41. The van der Waals surface area contributed by atoms with E-state index in [1.54, 1.807) is 0 Å². The summed E-state index contributed by atoms with van der Waals surface area (Å²) in [6, 6.07) is 3.12. The van der Waals surface area contributed by atoms with Crippen LogP contribution in [-0.2, 0) is 0 Å². The van der Waals surface area contributed by atoms with Crippen LogP contribution in [0, 0.1) is 10.1 Å². The lowest BCUT2D eigenvalue weighted by Crippen LogP contribution is -2.22. The Morgan fingerprint density at radius 1 is 1.37 bits per heavy atom. The van der Waals surface area contributed by atoms with Gasteiger partial charge in [0.05, 0.1) is 28.8 Å². The van der Waals surface area contributed by atoms with E-state index in [2.05, 4.69) is 5.32 Å². The van der Waals surface area contributed by atoms with Gasteiger partial charge < -0.3 is 10.1 Å². The second kappa shape index (κ2) is 6.10. The van der Waals surface area contributed by atoms with Gasteiger partial charge in [-0.1, -0.05) is 30.9 Å². The first-order chi connectivity index (χ1) is 9.11. The van der Waals surface area contributed by atoms with Crippen molar-refractivity contribution in [2.75, 3.05) is 12.4 Å². The van der Waals surface area contributed by atoms with E-state index in [0.717, 1.165) is 12.8 Å². The van der Waals surface area contributed by atoms with Crippen LogP contribution >= 0.6 is 11.6 Å². The number of methoxy groups -OCH3 is 1.